The molecule has 1 aromatic heterocycles. The van der Waals surface area contributed by atoms with Crippen molar-refractivity contribution < 1.29 is 19.1 Å². The van der Waals surface area contributed by atoms with E-state index in [1.807, 2.05) is 36.5 Å². The second-order valence-corrected chi connectivity index (χ2v) is 6.69. The number of aryl methyl sites for hydroxylation is 1. The Morgan fingerprint density at radius 3 is 2.47 bits per heavy atom. The molecular formula is C23H23N3O4. The highest BCUT2D eigenvalue weighted by atomic mass is 16.5. The van der Waals surface area contributed by atoms with Gasteiger partial charge in [0.05, 0.1) is 11.9 Å². The molecule has 30 heavy (non-hydrogen) atoms. The van der Waals surface area contributed by atoms with Gasteiger partial charge < -0.3 is 10.1 Å². The number of benzene rings is 2. The lowest BCUT2D eigenvalue weighted by molar-refractivity contribution is -0.142. The molecule has 0 aliphatic carbocycles. The van der Waals surface area contributed by atoms with Crippen LogP contribution in [0.3, 0.4) is 0 Å². The predicted octanol–water partition coefficient (Wildman–Crippen LogP) is 3.58. The summed E-state index contributed by atoms with van der Waals surface area (Å²) in [5.74, 6) is -0.839. The number of hydrogen-bond acceptors (Lipinski definition) is 5. The number of para-hydroxylation sites is 1. The van der Waals surface area contributed by atoms with Crippen molar-refractivity contribution in [3.63, 3.8) is 0 Å². The van der Waals surface area contributed by atoms with Crippen molar-refractivity contribution in [2.45, 2.75) is 26.2 Å². The van der Waals surface area contributed by atoms with Crippen LogP contribution in [-0.2, 0) is 20.7 Å². The number of nitrogens with zero attached hydrogens (tertiary/aromatic N) is 2. The number of ketones is 1. The normalized spacial score (nSPS) is 10.4. The van der Waals surface area contributed by atoms with Gasteiger partial charge in [0.15, 0.2) is 12.4 Å². The van der Waals surface area contributed by atoms with E-state index in [4.69, 9.17) is 4.74 Å². The Kier molecular flexibility index (Phi) is 7.10. The molecule has 1 N–H and O–H groups in total. The van der Waals surface area contributed by atoms with Gasteiger partial charge in [-0.05, 0) is 48.4 Å². The lowest BCUT2D eigenvalue weighted by Gasteiger charge is -2.06. The number of ether oxygens (including phenoxy) is 1. The number of nitrogens with one attached hydrogen (secondary N) is 1. The van der Waals surface area contributed by atoms with E-state index in [0.717, 1.165) is 11.3 Å². The minimum Gasteiger partial charge on any atom is -0.457 e. The fraction of sp³-hybridized carbons (Fsp3) is 0.217. The van der Waals surface area contributed by atoms with Crippen LogP contribution < -0.4 is 5.32 Å². The number of esters is 1. The molecule has 0 aliphatic rings. The average molecular weight is 405 g/mol. The first-order valence-electron chi connectivity index (χ1n) is 9.73. The molecule has 0 spiro atoms. The zero-order valence-electron chi connectivity index (χ0n) is 16.7. The summed E-state index contributed by atoms with van der Waals surface area (Å²) in [5.41, 5.74) is 2.89. The van der Waals surface area contributed by atoms with Crippen LogP contribution in [0.4, 0.5) is 5.69 Å². The highest BCUT2D eigenvalue weighted by Gasteiger charge is 2.11. The molecule has 0 atom stereocenters. The molecule has 3 rings (SSSR count). The highest BCUT2D eigenvalue weighted by molar-refractivity contribution is 5.98. The zero-order chi connectivity index (χ0) is 21.3. The number of amides is 1. The summed E-state index contributed by atoms with van der Waals surface area (Å²) in [6.07, 6.45) is 4.60. The molecule has 0 bridgehead atoms. The Balaban J connectivity index is 1.44. The fourth-order valence-corrected chi connectivity index (χ4v) is 2.75. The third-order valence-electron chi connectivity index (χ3n) is 4.45. The maximum absolute atomic E-state index is 12.2. The third-order valence-corrected chi connectivity index (χ3v) is 4.45. The first-order valence-corrected chi connectivity index (χ1v) is 9.73. The Hall–Kier alpha value is -3.74. The van der Waals surface area contributed by atoms with Gasteiger partial charge >= 0.3 is 5.97 Å². The minimum absolute atomic E-state index is 0.0997. The zero-order valence-corrected chi connectivity index (χ0v) is 16.7. The lowest BCUT2D eigenvalue weighted by atomic mass is 10.1. The van der Waals surface area contributed by atoms with Gasteiger partial charge in [0.25, 0.3) is 0 Å². The van der Waals surface area contributed by atoms with Gasteiger partial charge in [-0.1, -0.05) is 25.1 Å². The SMILES string of the molecule is CCC(=O)Nc1ccc(C(=O)COC(=O)CCc2cnn(-c3ccccc3)c2)cc1. The first-order chi connectivity index (χ1) is 14.5. The van der Waals surface area contributed by atoms with Crippen molar-refractivity contribution >= 4 is 23.3 Å². The largest absolute Gasteiger partial charge is 0.457 e. The maximum atomic E-state index is 12.2. The molecule has 2 aromatic carbocycles. The number of Topliss-reactive ketones (excluding diaryl/α,β-unsaturated/α-hetero) is 1. The van der Waals surface area contributed by atoms with Crippen molar-refractivity contribution in [3.8, 4) is 5.69 Å². The molecule has 0 saturated heterocycles. The van der Waals surface area contributed by atoms with Crippen LogP contribution in [0.1, 0.15) is 35.7 Å². The fourth-order valence-electron chi connectivity index (χ4n) is 2.75. The van der Waals surface area contributed by atoms with Crippen LogP contribution in [0, 0.1) is 0 Å². The Bertz CT molecular complexity index is 1010. The summed E-state index contributed by atoms with van der Waals surface area (Å²) in [6, 6.07) is 16.2. The molecule has 3 aromatic rings. The number of carbonyl (C=O) groups is 3. The molecule has 0 fully saturated rings. The predicted molar refractivity (Wildman–Crippen MR) is 113 cm³/mol. The van der Waals surface area contributed by atoms with Gasteiger partial charge in [-0.25, -0.2) is 4.68 Å². The molecule has 7 heteroatoms. The van der Waals surface area contributed by atoms with Gasteiger partial charge in [-0.3, -0.25) is 14.4 Å². The van der Waals surface area contributed by atoms with Crippen LogP contribution in [-0.4, -0.2) is 34.0 Å². The van der Waals surface area contributed by atoms with Crippen molar-refractivity contribution in [3.05, 3.63) is 78.1 Å². The lowest BCUT2D eigenvalue weighted by Crippen LogP contribution is -2.15. The van der Waals surface area contributed by atoms with Gasteiger partial charge in [0, 0.05) is 30.3 Å². The topological polar surface area (TPSA) is 90.3 Å². The molecule has 7 nitrogen and oxygen atoms in total. The molecule has 0 saturated carbocycles. The summed E-state index contributed by atoms with van der Waals surface area (Å²) in [7, 11) is 0. The van der Waals surface area contributed by atoms with E-state index < -0.39 is 5.97 Å². The monoisotopic (exact) mass is 405 g/mol. The summed E-state index contributed by atoms with van der Waals surface area (Å²) in [4.78, 5) is 35.6. The molecule has 154 valence electrons. The van der Waals surface area contributed by atoms with Crippen LogP contribution in [0.5, 0.6) is 0 Å². The molecule has 1 heterocycles. The smallest absolute Gasteiger partial charge is 0.306 e. The van der Waals surface area contributed by atoms with Crippen LogP contribution >= 0.6 is 0 Å². The van der Waals surface area contributed by atoms with Crippen molar-refractivity contribution in [1.29, 1.82) is 0 Å². The van der Waals surface area contributed by atoms with E-state index in [9.17, 15) is 14.4 Å². The molecular weight excluding hydrogens is 382 g/mol. The second kappa shape index (κ2) is 10.2. The third kappa shape index (κ3) is 5.88. The Morgan fingerprint density at radius 1 is 1.03 bits per heavy atom. The molecule has 0 aliphatic heterocycles. The summed E-state index contributed by atoms with van der Waals surface area (Å²) in [5, 5.41) is 7.00. The highest BCUT2D eigenvalue weighted by Crippen LogP contribution is 2.12. The Labute approximate surface area is 174 Å². The van der Waals surface area contributed by atoms with E-state index in [1.165, 1.54) is 0 Å². The summed E-state index contributed by atoms with van der Waals surface area (Å²) < 4.78 is 6.84. The van der Waals surface area contributed by atoms with Crippen molar-refractivity contribution in [1.82, 2.24) is 9.78 Å². The minimum atomic E-state index is -0.442. The van der Waals surface area contributed by atoms with Crippen LogP contribution in [0.15, 0.2) is 67.0 Å². The van der Waals surface area contributed by atoms with Gasteiger partial charge in [-0.15, -0.1) is 0 Å². The van der Waals surface area contributed by atoms with E-state index in [-0.39, 0.29) is 24.7 Å². The summed E-state index contributed by atoms with van der Waals surface area (Å²) in [6.45, 7) is 1.44. The number of anilines is 1. The number of carbonyl (C=O) groups excluding carboxylic acids is 3. The van der Waals surface area contributed by atoms with Gasteiger partial charge in [0.2, 0.25) is 5.91 Å². The van der Waals surface area contributed by atoms with Crippen molar-refractivity contribution in [2.24, 2.45) is 0 Å². The van der Waals surface area contributed by atoms with E-state index in [1.54, 1.807) is 42.1 Å². The molecule has 1 amide bonds. The van der Waals surface area contributed by atoms with Crippen LogP contribution in [0.25, 0.3) is 5.69 Å². The maximum Gasteiger partial charge on any atom is 0.306 e. The second-order valence-electron chi connectivity index (χ2n) is 6.69. The van der Waals surface area contributed by atoms with E-state index in [0.29, 0.717) is 24.1 Å². The van der Waals surface area contributed by atoms with Gasteiger partial charge in [0.1, 0.15) is 0 Å². The Morgan fingerprint density at radius 2 is 1.77 bits per heavy atom. The molecule has 0 unspecified atom stereocenters. The van der Waals surface area contributed by atoms with Crippen molar-refractivity contribution in [2.75, 3.05) is 11.9 Å². The standard InChI is InChI=1S/C23H23N3O4/c1-2-22(28)25-19-11-9-18(10-12-19)21(27)16-30-23(29)13-8-17-14-24-26(15-17)20-6-4-3-5-7-20/h3-7,9-12,14-15H,2,8,13,16H2,1H3,(H,25,28). The average Bonchev–Trinajstić information content (AvgIpc) is 3.26. The molecule has 0 radical (unpaired) electrons. The number of aromatic nitrogens is 2. The first kappa shape index (κ1) is 21.0. The van der Waals surface area contributed by atoms with Gasteiger partial charge in [-0.2, -0.15) is 5.10 Å². The van der Waals surface area contributed by atoms with Crippen LogP contribution in [0.2, 0.25) is 0 Å². The summed E-state index contributed by atoms with van der Waals surface area (Å²) >= 11 is 0. The quantitative estimate of drug-likeness (QED) is 0.434. The van der Waals surface area contributed by atoms with E-state index >= 15 is 0 Å². The number of hydrogen-bond donors (Lipinski definition) is 1. The number of rotatable bonds is 9. The van der Waals surface area contributed by atoms with E-state index in [2.05, 4.69) is 10.4 Å².